The average molecular weight is 309 g/mol. The maximum atomic E-state index is 12.2. The minimum Gasteiger partial charge on any atom is -0.415 e. The molecule has 0 unspecified atom stereocenters. The van der Waals surface area contributed by atoms with E-state index in [9.17, 15) is 18.9 Å². The fourth-order valence-corrected chi connectivity index (χ4v) is 1.76. The molecule has 2 N–H and O–H groups in total. The molecule has 0 saturated heterocycles. The molecule has 108 valence electrons. The van der Waals surface area contributed by atoms with Gasteiger partial charge in [-0.1, -0.05) is 11.6 Å². The molecule has 0 aliphatic rings. The minimum absolute atomic E-state index is 0.157. The molecule has 0 fully saturated rings. The first-order chi connectivity index (χ1) is 9.32. The zero-order valence-corrected chi connectivity index (χ0v) is 10.6. The standard InChI is InChI=1S/C8H7ClF2N6O3/c1-15-7(20-8(10)11)4(9)6(14-15)16-5(12)3(2-13-16)17(18)19/h2,8H,12H2,1H3. The normalized spacial score (nSPS) is 11.1. The summed E-state index contributed by atoms with van der Waals surface area (Å²) < 4.78 is 30.4. The molecule has 0 bridgehead atoms. The van der Waals surface area contributed by atoms with E-state index in [2.05, 4.69) is 14.9 Å². The van der Waals surface area contributed by atoms with Crippen LogP contribution in [0.4, 0.5) is 20.3 Å². The highest BCUT2D eigenvalue weighted by Gasteiger charge is 2.25. The van der Waals surface area contributed by atoms with Gasteiger partial charge in [-0.05, 0) is 0 Å². The molecule has 0 aliphatic carbocycles. The lowest BCUT2D eigenvalue weighted by Crippen LogP contribution is -2.06. The van der Waals surface area contributed by atoms with Crippen molar-refractivity contribution in [1.82, 2.24) is 19.6 Å². The molecule has 0 amide bonds. The van der Waals surface area contributed by atoms with Crippen molar-refractivity contribution in [2.24, 2.45) is 7.05 Å². The van der Waals surface area contributed by atoms with Gasteiger partial charge in [0.15, 0.2) is 5.82 Å². The van der Waals surface area contributed by atoms with Crippen molar-refractivity contribution >= 4 is 23.1 Å². The number of nitrogens with zero attached hydrogens (tertiary/aromatic N) is 5. The number of hydrogen-bond donors (Lipinski definition) is 1. The second kappa shape index (κ2) is 4.92. The van der Waals surface area contributed by atoms with Crippen LogP contribution in [0.5, 0.6) is 5.88 Å². The van der Waals surface area contributed by atoms with E-state index in [1.165, 1.54) is 7.05 Å². The highest BCUT2D eigenvalue weighted by atomic mass is 35.5. The molecule has 0 saturated carbocycles. The van der Waals surface area contributed by atoms with Crippen molar-refractivity contribution in [3.05, 3.63) is 21.3 Å². The van der Waals surface area contributed by atoms with Crippen molar-refractivity contribution in [1.29, 1.82) is 0 Å². The van der Waals surface area contributed by atoms with E-state index in [-0.39, 0.29) is 16.7 Å². The van der Waals surface area contributed by atoms with Crippen molar-refractivity contribution < 1.29 is 18.4 Å². The first kappa shape index (κ1) is 14.0. The summed E-state index contributed by atoms with van der Waals surface area (Å²) in [6.07, 6.45) is 0.897. The van der Waals surface area contributed by atoms with Crippen molar-refractivity contribution in [2.75, 3.05) is 5.73 Å². The third kappa shape index (κ3) is 2.22. The second-order valence-electron chi connectivity index (χ2n) is 3.53. The van der Waals surface area contributed by atoms with Gasteiger partial charge in [-0.2, -0.15) is 18.6 Å². The van der Waals surface area contributed by atoms with Gasteiger partial charge in [-0.3, -0.25) is 10.1 Å². The number of halogens is 3. The quantitative estimate of drug-likeness (QED) is 0.673. The lowest BCUT2D eigenvalue weighted by molar-refractivity contribution is -0.383. The molecule has 0 atom stereocenters. The fraction of sp³-hybridized carbons (Fsp3) is 0.250. The SMILES string of the molecule is Cn1nc(-n2ncc([N+](=O)[O-])c2N)c(Cl)c1OC(F)F. The molecular weight excluding hydrogens is 302 g/mol. The number of aryl methyl sites for hydroxylation is 1. The third-order valence-electron chi connectivity index (χ3n) is 2.31. The van der Waals surface area contributed by atoms with Gasteiger partial charge >= 0.3 is 12.3 Å². The van der Waals surface area contributed by atoms with Gasteiger partial charge in [-0.15, -0.1) is 5.10 Å². The molecule has 0 aromatic carbocycles. The van der Waals surface area contributed by atoms with Crippen LogP contribution in [0, 0.1) is 10.1 Å². The van der Waals surface area contributed by atoms with Crippen molar-refractivity contribution in [2.45, 2.75) is 6.61 Å². The van der Waals surface area contributed by atoms with Crippen molar-refractivity contribution in [3.63, 3.8) is 0 Å². The number of nitrogen functional groups attached to an aromatic ring is 1. The zero-order chi connectivity index (χ0) is 15.0. The summed E-state index contributed by atoms with van der Waals surface area (Å²) in [5.74, 6) is -0.900. The molecule has 20 heavy (non-hydrogen) atoms. The Labute approximate surface area is 114 Å². The maximum absolute atomic E-state index is 12.2. The van der Waals surface area contributed by atoms with Gasteiger partial charge < -0.3 is 10.5 Å². The van der Waals surface area contributed by atoms with Gasteiger partial charge in [0, 0.05) is 7.05 Å². The van der Waals surface area contributed by atoms with Crippen LogP contribution >= 0.6 is 11.6 Å². The van der Waals surface area contributed by atoms with Crippen LogP contribution in [0.15, 0.2) is 6.20 Å². The number of ether oxygens (including phenoxy) is 1. The molecule has 2 rings (SSSR count). The smallest absolute Gasteiger partial charge is 0.388 e. The number of nitrogens with two attached hydrogens (primary N) is 1. The summed E-state index contributed by atoms with van der Waals surface area (Å²) in [5.41, 5.74) is 5.07. The number of anilines is 1. The van der Waals surface area contributed by atoms with Gasteiger partial charge in [-0.25, -0.2) is 4.68 Å². The Bertz CT molecular complexity index is 669. The third-order valence-corrected chi connectivity index (χ3v) is 2.64. The Morgan fingerprint density at radius 2 is 2.25 bits per heavy atom. The molecule has 12 heteroatoms. The first-order valence-electron chi connectivity index (χ1n) is 4.98. The monoisotopic (exact) mass is 308 g/mol. The van der Waals surface area contributed by atoms with E-state index < -0.39 is 23.1 Å². The predicted molar refractivity (Wildman–Crippen MR) is 63.0 cm³/mol. The van der Waals surface area contributed by atoms with E-state index in [4.69, 9.17) is 17.3 Å². The zero-order valence-electron chi connectivity index (χ0n) is 9.83. The van der Waals surface area contributed by atoms with Crippen LogP contribution in [0.25, 0.3) is 5.82 Å². The highest BCUT2D eigenvalue weighted by Crippen LogP contribution is 2.33. The summed E-state index contributed by atoms with van der Waals surface area (Å²) in [4.78, 5) is 9.91. The molecule has 2 aromatic heterocycles. The van der Waals surface area contributed by atoms with Crippen LogP contribution in [0.1, 0.15) is 0 Å². The summed E-state index contributed by atoms with van der Waals surface area (Å²) in [6, 6.07) is 0. The molecule has 0 aliphatic heterocycles. The predicted octanol–water partition coefficient (Wildman–Crippen LogP) is 1.35. The molecule has 0 spiro atoms. The van der Waals surface area contributed by atoms with Crippen LogP contribution in [0.3, 0.4) is 0 Å². The van der Waals surface area contributed by atoms with Crippen LogP contribution in [-0.2, 0) is 7.05 Å². The molecule has 2 heterocycles. The second-order valence-corrected chi connectivity index (χ2v) is 3.91. The van der Waals surface area contributed by atoms with Crippen LogP contribution in [0.2, 0.25) is 5.02 Å². The number of alkyl halides is 2. The van der Waals surface area contributed by atoms with E-state index in [0.717, 1.165) is 15.6 Å². The molecule has 2 aromatic rings. The van der Waals surface area contributed by atoms with E-state index in [1.807, 2.05) is 0 Å². The fourth-order valence-electron chi connectivity index (χ4n) is 1.48. The number of hydrogen-bond acceptors (Lipinski definition) is 6. The Kier molecular flexibility index (Phi) is 3.44. The van der Waals surface area contributed by atoms with Gasteiger partial charge in [0.25, 0.3) is 0 Å². The Hall–Kier alpha value is -2.43. The van der Waals surface area contributed by atoms with E-state index in [1.54, 1.807) is 0 Å². The van der Waals surface area contributed by atoms with E-state index >= 15 is 0 Å². The topological polar surface area (TPSA) is 114 Å². The maximum Gasteiger partial charge on any atom is 0.388 e. The number of rotatable bonds is 4. The summed E-state index contributed by atoms with van der Waals surface area (Å²) >= 11 is 5.84. The van der Waals surface area contributed by atoms with Gasteiger partial charge in [0.1, 0.15) is 11.2 Å². The minimum atomic E-state index is -3.10. The van der Waals surface area contributed by atoms with E-state index in [0.29, 0.717) is 0 Å². The van der Waals surface area contributed by atoms with Crippen molar-refractivity contribution in [3.8, 4) is 11.7 Å². The number of aromatic nitrogens is 4. The molecular formula is C8H7ClF2N6O3. The largest absolute Gasteiger partial charge is 0.415 e. The molecule has 0 radical (unpaired) electrons. The number of nitro groups is 1. The summed E-state index contributed by atoms with van der Waals surface area (Å²) in [7, 11) is 1.31. The lowest BCUT2D eigenvalue weighted by atomic mass is 10.5. The van der Waals surface area contributed by atoms with Crippen LogP contribution < -0.4 is 10.5 Å². The Balaban J connectivity index is 2.52. The van der Waals surface area contributed by atoms with Gasteiger partial charge in [0.2, 0.25) is 11.7 Å². The Morgan fingerprint density at radius 1 is 1.60 bits per heavy atom. The summed E-state index contributed by atoms with van der Waals surface area (Å²) in [5, 5.41) is 17.8. The average Bonchev–Trinajstić information content (AvgIpc) is 2.84. The highest BCUT2D eigenvalue weighted by molar-refractivity contribution is 6.33. The lowest BCUT2D eigenvalue weighted by Gasteiger charge is -2.03. The van der Waals surface area contributed by atoms with Crippen LogP contribution in [-0.4, -0.2) is 31.1 Å². The van der Waals surface area contributed by atoms with Gasteiger partial charge in [0.05, 0.1) is 4.92 Å². The first-order valence-corrected chi connectivity index (χ1v) is 5.36. The summed E-state index contributed by atoms with van der Waals surface area (Å²) in [6.45, 7) is -3.10. The molecule has 9 nitrogen and oxygen atoms in total. The Morgan fingerprint density at radius 3 is 2.75 bits per heavy atom.